The molecule has 1 rings (SSSR count). The second kappa shape index (κ2) is 4.15. The van der Waals surface area contributed by atoms with Crippen molar-refractivity contribution in [2.75, 3.05) is 6.67 Å². The summed E-state index contributed by atoms with van der Waals surface area (Å²) in [6.45, 7) is 5.06. The van der Waals surface area contributed by atoms with Crippen LogP contribution in [-0.4, -0.2) is 24.4 Å². The van der Waals surface area contributed by atoms with Gasteiger partial charge in [-0.3, -0.25) is 4.39 Å². The topological polar surface area (TPSA) is 38.3 Å². The number of alkyl halides is 1. The molecule has 0 aromatic heterocycles. The average molecular weight is 203 g/mol. The molecule has 0 bridgehead atoms. The Hall–Kier alpha value is -0.800. The van der Waals surface area contributed by atoms with Gasteiger partial charge in [-0.25, -0.2) is 4.79 Å². The Morgan fingerprint density at radius 3 is 2.50 bits per heavy atom. The molecule has 0 aromatic carbocycles. The smallest absolute Gasteiger partial charge is 0.407 e. The van der Waals surface area contributed by atoms with Crippen LogP contribution in [-0.2, 0) is 4.74 Å². The van der Waals surface area contributed by atoms with Crippen molar-refractivity contribution in [1.82, 2.24) is 5.32 Å². The van der Waals surface area contributed by atoms with E-state index in [0.29, 0.717) is 0 Å². The number of hydrogen-bond acceptors (Lipinski definition) is 2. The zero-order valence-corrected chi connectivity index (χ0v) is 8.97. The fraction of sp³-hybridized carbons (Fsp3) is 0.900. The van der Waals surface area contributed by atoms with Crippen molar-refractivity contribution in [1.29, 1.82) is 0 Å². The third-order valence-corrected chi connectivity index (χ3v) is 2.32. The van der Waals surface area contributed by atoms with Gasteiger partial charge in [-0.05, 0) is 33.6 Å². The van der Waals surface area contributed by atoms with Crippen LogP contribution < -0.4 is 5.32 Å². The van der Waals surface area contributed by atoms with E-state index in [1.165, 1.54) is 0 Å². The van der Waals surface area contributed by atoms with Crippen LogP contribution in [0.4, 0.5) is 9.18 Å². The molecule has 0 spiro atoms. The molecule has 14 heavy (non-hydrogen) atoms. The zero-order chi connectivity index (χ0) is 10.8. The molecule has 4 heteroatoms. The van der Waals surface area contributed by atoms with Gasteiger partial charge in [-0.2, -0.15) is 0 Å². The summed E-state index contributed by atoms with van der Waals surface area (Å²) in [6.07, 6.45) is 1.27. The van der Waals surface area contributed by atoms with Crippen LogP contribution in [0.3, 0.4) is 0 Å². The number of hydrogen-bond donors (Lipinski definition) is 1. The first-order valence-electron chi connectivity index (χ1n) is 4.98. The molecule has 1 aliphatic carbocycles. The van der Waals surface area contributed by atoms with Crippen molar-refractivity contribution in [3.8, 4) is 0 Å². The van der Waals surface area contributed by atoms with Crippen LogP contribution in [0.2, 0.25) is 0 Å². The number of nitrogens with one attached hydrogen (secondary N) is 1. The molecular weight excluding hydrogens is 185 g/mol. The maximum atomic E-state index is 12.3. The molecule has 82 valence electrons. The molecule has 1 amide bonds. The van der Waals surface area contributed by atoms with Crippen molar-refractivity contribution >= 4 is 6.09 Å². The minimum Gasteiger partial charge on any atom is -0.444 e. The van der Waals surface area contributed by atoms with E-state index in [9.17, 15) is 9.18 Å². The number of halogens is 1. The molecule has 0 radical (unpaired) electrons. The van der Waals surface area contributed by atoms with Gasteiger partial charge in [0, 0.05) is 12.0 Å². The van der Waals surface area contributed by atoms with E-state index < -0.39 is 11.7 Å². The molecule has 1 aliphatic rings. The third-order valence-electron chi connectivity index (χ3n) is 2.32. The van der Waals surface area contributed by atoms with Gasteiger partial charge in [0.05, 0.1) is 6.67 Å². The Morgan fingerprint density at radius 2 is 2.14 bits per heavy atom. The van der Waals surface area contributed by atoms with Gasteiger partial charge in [0.25, 0.3) is 0 Å². The molecule has 1 N–H and O–H groups in total. The van der Waals surface area contributed by atoms with E-state index in [2.05, 4.69) is 5.32 Å². The number of ether oxygens (including phenoxy) is 1. The van der Waals surface area contributed by atoms with Crippen molar-refractivity contribution in [3.05, 3.63) is 0 Å². The van der Waals surface area contributed by atoms with Crippen LogP contribution in [0, 0.1) is 5.92 Å². The zero-order valence-electron chi connectivity index (χ0n) is 8.97. The normalized spacial score (nSPS) is 26.6. The minimum atomic E-state index is -0.487. The molecule has 2 atom stereocenters. The van der Waals surface area contributed by atoms with Crippen molar-refractivity contribution in [2.45, 2.75) is 45.3 Å². The van der Waals surface area contributed by atoms with E-state index in [-0.39, 0.29) is 18.6 Å². The highest BCUT2D eigenvalue weighted by atomic mass is 19.1. The molecule has 0 aliphatic heterocycles. The summed E-state index contributed by atoms with van der Waals surface area (Å²) >= 11 is 0. The van der Waals surface area contributed by atoms with Crippen LogP contribution >= 0.6 is 0 Å². The minimum absolute atomic E-state index is 0.0116. The molecule has 1 saturated carbocycles. The van der Waals surface area contributed by atoms with Crippen molar-refractivity contribution in [2.24, 2.45) is 5.92 Å². The molecule has 0 unspecified atom stereocenters. The van der Waals surface area contributed by atoms with E-state index in [1.807, 2.05) is 0 Å². The lowest BCUT2D eigenvalue weighted by molar-refractivity contribution is 0.0422. The Bertz CT molecular complexity index is 211. The second-order valence-corrected chi connectivity index (χ2v) is 4.74. The average Bonchev–Trinajstić information content (AvgIpc) is 1.96. The summed E-state index contributed by atoms with van der Waals surface area (Å²) in [5.41, 5.74) is -0.487. The van der Waals surface area contributed by atoms with E-state index in [1.54, 1.807) is 20.8 Å². The summed E-state index contributed by atoms with van der Waals surface area (Å²) < 4.78 is 17.3. The van der Waals surface area contributed by atoms with E-state index in [4.69, 9.17) is 4.74 Å². The Morgan fingerprint density at radius 1 is 1.50 bits per heavy atom. The predicted molar refractivity (Wildman–Crippen MR) is 51.9 cm³/mol. The fourth-order valence-electron chi connectivity index (χ4n) is 1.40. The number of amides is 1. The van der Waals surface area contributed by atoms with Crippen LogP contribution in [0.1, 0.15) is 33.6 Å². The van der Waals surface area contributed by atoms with Gasteiger partial charge in [0.15, 0.2) is 0 Å². The molecule has 0 heterocycles. The Labute approximate surface area is 84.0 Å². The lowest BCUT2D eigenvalue weighted by atomic mass is 9.81. The standard InChI is InChI=1S/C10H18FNO2/c1-10(2,3)14-9(13)12-8-5-4-7(8)6-11/h7-8H,4-6H2,1-3H3,(H,12,13)/t7-,8+/m1/s1. The summed E-state index contributed by atoms with van der Waals surface area (Å²) in [5.74, 6) is -0.0116. The third kappa shape index (κ3) is 3.16. The Balaban J connectivity index is 2.27. The largest absolute Gasteiger partial charge is 0.444 e. The molecule has 0 aromatic rings. The first-order chi connectivity index (χ1) is 6.42. The predicted octanol–water partition coefficient (Wildman–Crippen LogP) is 2.26. The van der Waals surface area contributed by atoms with Gasteiger partial charge in [0.1, 0.15) is 5.60 Å². The fourth-order valence-corrected chi connectivity index (χ4v) is 1.40. The first kappa shape index (κ1) is 11.3. The monoisotopic (exact) mass is 203 g/mol. The lowest BCUT2D eigenvalue weighted by Gasteiger charge is -2.35. The quantitative estimate of drug-likeness (QED) is 0.747. The maximum absolute atomic E-state index is 12.3. The summed E-state index contributed by atoms with van der Waals surface area (Å²) in [7, 11) is 0. The summed E-state index contributed by atoms with van der Waals surface area (Å²) in [6, 6.07) is -0.0325. The van der Waals surface area contributed by atoms with Crippen LogP contribution in [0.25, 0.3) is 0 Å². The summed E-state index contributed by atoms with van der Waals surface area (Å²) in [4.78, 5) is 11.3. The van der Waals surface area contributed by atoms with Crippen LogP contribution in [0.15, 0.2) is 0 Å². The van der Waals surface area contributed by atoms with E-state index >= 15 is 0 Å². The van der Waals surface area contributed by atoms with Gasteiger partial charge in [-0.15, -0.1) is 0 Å². The van der Waals surface area contributed by atoms with Gasteiger partial charge in [-0.1, -0.05) is 0 Å². The van der Waals surface area contributed by atoms with Gasteiger partial charge < -0.3 is 10.1 Å². The van der Waals surface area contributed by atoms with Crippen molar-refractivity contribution < 1.29 is 13.9 Å². The van der Waals surface area contributed by atoms with Gasteiger partial charge >= 0.3 is 6.09 Å². The van der Waals surface area contributed by atoms with E-state index in [0.717, 1.165) is 12.8 Å². The van der Waals surface area contributed by atoms with Crippen LogP contribution in [0.5, 0.6) is 0 Å². The molecular formula is C10H18FNO2. The Kier molecular flexibility index (Phi) is 3.34. The number of carbonyl (C=O) groups excluding carboxylic acids is 1. The summed E-state index contributed by atoms with van der Waals surface area (Å²) in [5, 5.41) is 2.67. The molecule has 3 nitrogen and oxygen atoms in total. The first-order valence-corrected chi connectivity index (χ1v) is 4.98. The highest BCUT2D eigenvalue weighted by molar-refractivity contribution is 5.68. The maximum Gasteiger partial charge on any atom is 0.407 e. The molecule has 0 saturated heterocycles. The number of carbonyl (C=O) groups is 1. The second-order valence-electron chi connectivity index (χ2n) is 4.74. The van der Waals surface area contributed by atoms with Crippen molar-refractivity contribution in [3.63, 3.8) is 0 Å². The highest BCUT2D eigenvalue weighted by Crippen LogP contribution is 2.27. The highest BCUT2D eigenvalue weighted by Gasteiger charge is 2.33. The number of alkyl carbamates (subject to hydrolysis) is 1. The number of rotatable bonds is 2. The SMILES string of the molecule is CC(C)(C)OC(=O)N[C@H]1CC[C@@H]1CF. The molecule has 1 fully saturated rings. The van der Waals surface area contributed by atoms with Gasteiger partial charge in [0.2, 0.25) is 0 Å². The lowest BCUT2D eigenvalue weighted by Crippen LogP contribution is -2.49.